The molecule has 0 bridgehead atoms. The predicted molar refractivity (Wildman–Crippen MR) is 123 cm³/mol. The molecule has 0 atom stereocenters. The van der Waals surface area contributed by atoms with Crippen molar-refractivity contribution in [3.8, 4) is 11.5 Å². The van der Waals surface area contributed by atoms with Gasteiger partial charge in [0, 0.05) is 49.8 Å². The average Bonchev–Trinajstić information content (AvgIpc) is 2.86. The first-order chi connectivity index (χ1) is 15.6. The largest absolute Gasteiger partial charge is 0.493 e. The number of aromatic nitrogens is 3. The van der Waals surface area contributed by atoms with Crippen LogP contribution in [-0.2, 0) is 0 Å². The Morgan fingerprint density at radius 2 is 1.91 bits per heavy atom. The Bertz CT molecular complexity index is 1070. The zero-order valence-corrected chi connectivity index (χ0v) is 18.8. The summed E-state index contributed by atoms with van der Waals surface area (Å²) in [5, 5.41) is 10.6. The van der Waals surface area contributed by atoms with E-state index >= 15 is 0 Å². The minimum Gasteiger partial charge on any atom is -0.493 e. The van der Waals surface area contributed by atoms with Gasteiger partial charge in [0.25, 0.3) is 5.91 Å². The van der Waals surface area contributed by atoms with E-state index in [1.165, 1.54) is 0 Å². The minimum atomic E-state index is 0.0194. The van der Waals surface area contributed by atoms with E-state index in [0.717, 1.165) is 55.5 Å². The van der Waals surface area contributed by atoms with Crippen LogP contribution < -0.4 is 14.4 Å². The van der Waals surface area contributed by atoms with E-state index in [4.69, 9.17) is 9.47 Å². The molecule has 1 aromatic carbocycles. The number of hydrogen-bond acceptors (Lipinski definition) is 7. The number of methoxy groups -OCH3 is 2. The summed E-state index contributed by atoms with van der Waals surface area (Å²) in [4.78, 5) is 20.6. The molecular weight excluding hydrogens is 406 g/mol. The monoisotopic (exact) mass is 435 g/mol. The van der Waals surface area contributed by atoms with Crippen LogP contribution in [0.15, 0.2) is 42.9 Å². The van der Waals surface area contributed by atoms with Gasteiger partial charge in [0.15, 0.2) is 17.3 Å². The molecule has 8 nitrogen and oxygen atoms in total. The normalized spacial score (nSPS) is 14.4. The predicted octanol–water partition coefficient (Wildman–Crippen LogP) is 3.42. The molecule has 0 unspecified atom stereocenters. The highest BCUT2D eigenvalue weighted by atomic mass is 16.5. The van der Waals surface area contributed by atoms with Gasteiger partial charge < -0.3 is 19.3 Å². The number of carbonyl (C=O) groups excluding carboxylic acids is 1. The number of fused-ring (bicyclic) bond motifs is 1. The van der Waals surface area contributed by atoms with Crippen molar-refractivity contribution in [2.75, 3.05) is 45.8 Å². The summed E-state index contributed by atoms with van der Waals surface area (Å²) in [6.07, 6.45) is 8.15. The number of pyridine rings is 1. The maximum Gasteiger partial charge on any atom is 0.255 e. The molecule has 2 aromatic heterocycles. The molecule has 3 heterocycles. The molecule has 1 amide bonds. The number of benzene rings is 1. The standard InChI is InChI=1S/C24H29N5O3/c1-28(24(30)18-5-4-9-25-15-18)10-6-17-7-11-29(12-8-17)23-20-14-22(32-3)21(31-2)13-19(20)16-26-27-23/h4-5,9,13-17H,6-8,10-12H2,1-3H3. The van der Waals surface area contributed by atoms with Crippen LogP contribution in [0.2, 0.25) is 0 Å². The molecule has 0 saturated carbocycles. The maximum absolute atomic E-state index is 12.5. The lowest BCUT2D eigenvalue weighted by atomic mass is 9.93. The Kier molecular flexibility index (Phi) is 6.68. The summed E-state index contributed by atoms with van der Waals surface area (Å²) in [7, 11) is 5.13. The molecule has 1 fully saturated rings. The Balaban J connectivity index is 1.37. The molecule has 0 aliphatic carbocycles. The van der Waals surface area contributed by atoms with E-state index in [2.05, 4.69) is 20.1 Å². The molecule has 1 aliphatic rings. The zero-order chi connectivity index (χ0) is 22.5. The fourth-order valence-electron chi connectivity index (χ4n) is 4.25. The van der Waals surface area contributed by atoms with Crippen molar-refractivity contribution in [1.29, 1.82) is 0 Å². The van der Waals surface area contributed by atoms with E-state index in [1.54, 1.807) is 49.8 Å². The smallest absolute Gasteiger partial charge is 0.255 e. The fraction of sp³-hybridized carbons (Fsp3) is 0.417. The zero-order valence-electron chi connectivity index (χ0n) is 18.8. The van der Waals surface area contributed by atoms with Crippen LogP contribution in [0.3, 0.4) is 0 Å². The van der Waals surface area contributed by atoms with Crippen LogP contribution in [0.1, 0.15) is 29.6 Å². The third-order valence-electron chi connectivity index (χ3n) is 6.19. The summed E-state index contributed by atoms with van der Waals surface area (Å²) in [6, 6.07) is 7.51. The number of nitrogens with zero attached hydrogens (tertiary/aromatic N) is 5. The lowest BCUT2D eigenvalue weighted by molar-refractivity contribution is 0.0784. The van der Waals surface area contributed by atoms with Crippen molar-refractivity contribution in [1.82, 2.24) is 20.1 Å². The van der Waals surface area contributed by atoms with Crippen LogP contribution in [0.5, 0.6) is 11.5 Å². The number of piperidine rings is 1. The summed E-state index contributed by atoms with van der Waals surface area (Å²) < 4.78 is 10.9. The number of amides is 1. The van der Waals surface area contributed by atoms with Gasteiger partial charge >= 0.3 is 0 Å². The quantitative estimate of drug-likeness (QED) is 0.562. The number of hydrogen-bond donors (Lipinski definition) is 0. The van der Waals surface area contributed by atoms with Gasteiger partial charge in [0.1, 0.15) is 0 Å². The molecule has 1 aliphatic heterocycles. The van der Waals surface area contributed by atoms with Crippen LogP contribution >= 0.6 is 0 Å². The van der Waals surface area contributed by atoms with Gasteiger partial charge in [-0.25, -0.2) is 0 Å². The van der Waals surface area contributed by atoms with Gasteiger partial charge in [0.05, 0.1) is 26.0 Å². The van der Waals surface area contributed by atoms with Crippen LogP contribution in [0, 0.1) is 5.92 Å². The van der Waals surface area contributed by atoms with Gasteiger partial charge in [-0.05, 0) is 49.4 Å². The highest BCUT2D eigenvalue weighted by Gasteiger charge is 2.23. The molecule has 0 N–H and O–H groups in total. The minimum absolute atomic E-state index is 0.0194. The first-order valence-electron chi connectivity index (χ1n) is 10.9. The number of rotatable bonds is 7. The Morgan fingerprint density at radius 1 is 1.16 bits per heavy atom. The van der Waals surface area contributed by atoms with Crippen molar-refractivity contribution in [2.45, 2.75) is 19.3 Å². The highest BCUT2D eigenvalue weighted by Crippen LogP contribution is 2.36. The molecule has 8 heteroatoms. The van der Waals surface area contributed by atoms with Gasteiger partial charge in [-0.2, -0.15) is 5.10 Å². The van der Waals surface area contributed by atoms with Gasteiger partial charge in [-0.3, -0.25) is 9.78 Å². The summed E-state index contributed by atoms with van der Waals surface area (Å²) in [6.45, 7) is 2.56. The molecule has 3 aromatic rings. The van der Waals surface area contributed by atoms with Crippen molar-refractivity contribution >= 4 is 22.5 Å². The van der Waals surface area contributed by atoms with Crippen molar-refractivity contribution in [3.05, 3.63) is 48.4 Å². The summed E-state index contributed by atoms with van der Waals surface area (Å²) >= 11 is 0. The van der Waals surface area contributed by atoms with E-state index in [0.29, 0.717) is 23.0 Å². The van der Waals surface area contributed by atoms with Crippen molar-refractivity contribution in [2.24, 2.45) is 5.92 Å². The van der Waals surface area contributed by atoms with Gasteiger partial charge in [0.2, 0.25) is 0 Å². The number of anilines is 1. The van der Waals surface area contributed by atoms with E-state index in [1.807, 2.05) is 19.2 Å². The lowest BCUT2D eigenvalue weighted by Gasteiger charge is -2.33. The summed E-state index contributed by atoms with van der Waals surface area (Å²) in [5.41, 5.74) is 0.631. The number of ether oxygens (including phenoxy) is 2. The van der Waals surface area contributed by atoms with Crippen LogP contribution in [0.25, 0.3) is 10.8 Å². The lowest BCUT2D eigenvalue weighted by Crippen LogP contribution is -2.36. The molecule has 0 spiro atoms. The van der Waals surface area contributed by atoms with Crippen molar-refractivity contribution in [3.63, 3.8) is 0 Å². The third-order valence-corrected chi connectivity index (χ3v) is 6.19. The highest BCUT2D eigenvalue weighted by molar-refractivity contribution is 5.94. The summed E-state index contributed by atoms with van der Waals surface area (Å²) in [5.74, 6) is 2.85. The van der Waals surface area contributed by atoms with E-state index in [-0.39, 0.29) is 5.91 Å². The van der Waals surface area contributed by atoms with Crippen molar-refractivity contribution < 1.29 is 14.3 Å². The maximum atomic E-state index is 12.5. The molecule has 32 heavy (non-hydrogen) atoms. The average molecular weight is 436 g/mol. The third kappa shape index (κ3) is 4.59. The van der Waals surface area contributed by atoms with Gasteiger partial charge in [-0.15, -0.1) is 5.10 Å². The van der Waals surface area contributed by atoms with Crippen LogP contribution in [0.4, 0.5) is 5.82 Å². The Labute approximate surface area is 188 Å². The van der Waals surface area contributed by atoms with Crippen LogP contribution in [-0.4, -0.2) is 66.9 Å². The van der Waals surface area contributed by atoms with Gasteiger partial charge in [-0.1, -0.05) is 0 Å². The SMILES string of the molecule is COc1cc2cnnc(N3CCC(CCN(C)C(=O)c4cccnc4)CC3)c2cc1OC. The number of carbonyl (C=O) groups is 1. The second kappa shape index (κ2) is 9.80. The van der Waals surface area contributed by atoms with E-state index < -0.39 is 0 Å². The first kappa shape index (κ1) is 21.8. The molecule has 168 valence electrons. The second-order valence-corrected chi connectivity index (χ2v) is 8.15. The molecule has 0 radical (unpaired) electrons. The second-order valence-electron chi connectivity index (χ2n) is 8.15. The first-order valence-corrected chi connectivity index (χ1v) is 10.9. The Morgan fingerprint density at radius 3 is 2.59 bits per heavy atom. The Hall–Kier alpha value is -3.42. The molecular formula is C24H29N5O3. The topological polar surface area (TPSA) is 80.7 Å². The molecule has 1 saturated heterocycles. The molecule has 4 rings (SSSR count). The van der Waals surface area contributed by atoms with E-state index in [9.17, 15) is 4.79 Å². The fourth-order valence-corrected chi connectivity index (χ4v) is 4.25.